The second-order valence-electron chi connectivity index (χ2n) is 4.93. The molecule has 2 aromatic rings. The van der Waals surface area contributed by atoms with Crippen LogP contribution in [-0.4, -0.2) is 45.5 Å². The molecule has 0 aliphatic carbocycles. The largest absolute Gasteiger partial charge is 0.468 e. The Bertz CT molecular complexity index is 759. The number of sulfonamides is 1. The SMILES string of the molecule is O=C(c1ccc(S(=O)(=O)NCc2ccco2)o1)N1CCOCC1. The summed E-state index contributed by atoms with van der Waals surface area (Å²) in [6, 6.07) is 5.94. The molecule has 9 heteroatoms. The fourth-order valence-corrected chi connectivity index (χ4v) is 3.07. The van der Waals surface area contributed by atoms with Crippen LogP contribution in [0.4, 0.5) is 0 Å². The highest BCUT2D eigenvalue weighted by Gasteiger charge is 2.25. The van der Waals surface area contributed by atoms with E-state index in [-0.39, 0.29) is 23.3 Å². The number of hydrogen-bond donors (Lipinski definition) is 1. The van der Waals surface area contributed by atoms with Crippen molar-refractivity contribution in [2.45, 2.75) is 11.6 Å². The van der Waals surface area contributed by atoms with Crippen LogP contribution in [-0.2, 0) is 21.3 Å². The number of nitrogens with one attached hydrogen (secondary N) is 1. The molecule has 0 spiro atoms. The number of carbonyl (C=O) groups is 1. The minimum absolute atomic E-state index is 0.00275. The van der Waals surface area contributed by atoms with Crippen LogP contribution in [0.2, 0.25) is 0 Å². The number of furan rings is 2. The molecule has 0 bridgehead atoms. The number of nitrogens with zero attached hydrogens (tertiary/aromatic N) is 1. The third-order valence-corrected chi connectivity index (χ3v) is 4.65. The molecule has 0 saturated carbocycles. The van der Waals surface area contributed by atoms with E-state index >= 15 is 0 Å². The quantitative estimate of drug-likeness (QED) is 0.865. The topological polar surface area (TPSA) is 102 Å². The zero-order chi connectivity index (χ0) is 16.3. The first kappa shape index (κ1) is 15.8. The second kappa shape index (κ2) is 6.57. The molecule has 0 aromatic carbocycles. The Labute approximate surface area is 133 Å². The average molecular weight is 340 g/mol. The summed E-state index contributed by atoms with van der Waals surface area (Å²) < 4.78 is 42.1. The van der Waals surface area contributed by atoms with Crippen LogP contribution in [0.1, 0.15) is 16.3 Å². The van der Waals surface area contributed by atoms with E-state index in [4.69, 9.17) is 13.6 Å². The van der Waals surface area contributed by atoms with Gasteiger partial charge in [-0.2, -0.15) is 0 Å². The van der Waals surface area contributed by atoms with Gasteiger partial charge in [-0.3, -0.25) is 4.79 Å². The van der Waals surface area contributed by atoms with E-state index in [0.29, 0.717) is 32.1 Å². The standard InChI is InChI=1S/C14H16N2O6S/c17-14(16-5-8-20-9-6-16)12-3-4-13(22-12)23(18,19)15-10-11-2-1-7-21-11/h1-4,7,15H,5-6,8-10H2. The monoisotopic (exact) mass is 340 g/mol. The molecule has 0 unspecified atom stereocenters. The minimum Gasteiger partial charge on any atom is -0.468 e. The lowest BCUT2D eigenvalue weighted by atomic mass is 10.3. The molecule has 1 aliphatic rings. The summed E-state index contributed by atoms with van der Waals surface area (Å²) in [5, 5.41) is -0.305. The summed E-state index contributed by atoms with van der Waals surface area (Å²) in [6.45, 7) is 1.84. The highest BCUT2D eigenvalue weighted by molar-refractivity contribution is 7.89. The Morgan fingerprint density at radius 3 is 2.70 bits per heavy atom. The number of morpholine rings is 1. The zero-order valence-electron chi connectivity index (χ0n) is 12.2. The average Bonchev–Trinajstić information content (AvgIpc) is 3.25. The fourth-order valence-electron chi connectivity index (χ4n) is 2.15. The van der Waals surface area contributed by atoms with Gasteiger partial charge in [0.05, 0.1) is 26.0 Å². The Hall–Kier alpha value is -2.10. The third kappa shape index (κ3) is 3.63. The molecule has 3 rings (SSSR count). The van der Waals surface area contributed by atoms with Gasteiger partial charge in [-0.05, 0) is 24.3 Å². The first-order chi connectivity index (χ1) is 11.1. The number of hydrogen-bond acceptors (Lipinski definition) is 6. The molecule has 3 heterocycles. The van der Waals surface area contributed by atoms with E-state index < -0.39 is 10.0 Å². The molecule has 1 N–H and O–H groups in total. The van der Waals surface area contributed by atoms with Crippen molar-refractivity contribution in [1.82, 2.24) is 9.62 Å². The fraction of sp³-hybridized carbons (Fsp3) is 0.357. The summed E-state index contributed by atoms with van der Waals surface area (Å²) >= 11 is 0. The van der Waals surface area contributed by atoms with E-state index in [0.717, 1.165) is 0 Å². The van der Waals surface area contributed by atoms with Crippen LogP contribution in [0.3, 0.4) is 0 Å². The van der Waals surface area contributed by atoms with Gasteiger partial charge in [0.1, 0.15) is 5.76 Å². The predicted octanol–water partition coefficient (Wildman–Crippen LogP) is 0.824. The lowest BCUT2D eigenvalue weighted by molar-refractivity contribution is 0.0279. The summed E-state index contributed by atoms with van der Waals surface area (Å²) in [5.74, 6) is 0.121. The molecule has 1 saturated heterocycles. The highest BCUT2D eigenvalue weighted by Crippen LogP contribution is 2.16. The highest BCUT2D eigenvalue weighted by atomic mass is 32.2. The number of carbonyl (C=O) groups excluding carboxylic acids is 1. The van der Waals surface area contributed by atoms with Crippen LogP contribution >= 0.6 is 0 Å². The van der Waals surface area contributed by atoms with Crippen molar-refractivity contribution >= 4 is 15.9 Å². The van der Waals surface area contributed by atoms with E-state index in [9.17, 15) is 13.2 Å². The number of ether oxygens (including phenoxy) is 1. The third-order valence-electron chi connectivity index (χ3n) is 3.37. The van der Waals surface area contributed by atoms with E-state index in [1.807, 2.05) is 0 Å². The smallest absolute Gasteiger partial charge is 0.289 e. The first-order valence-corrected chi connectivity index (χ1v) is 8.53. The zero-order valence-corrected chi connectivity index (χ0v) is 13.0. The predicted molar refractivity (Wildman–Crippen MR) is 78.2 cm³/mol. The van der Waals surface area contributed by atoms with Crippen LogP contribution in [0.25, 0.3) is 0 Å². The van der Waals surface area contributed by atoms with Gasteiger partial charge in [-0.15, -0.1) is 0 Å². The van der Waals surface area contributed by atoms with E-state index in [2.05, 4.69) is 4.72 Å². The van der Waals surface area contributed by atoms with Crippen molar-refractivity contribution < 1.29 is 26.8 Å². The van der Waals surface area contributed by atoms with Gasteiger partial charge in [0.2, 0.25) is 5.09 Å². The van der Waals surface area contributed by atoms with E-state index in [1.54, 1.807) is 17.0 Å². The van der Waals surface area contributed by atoms with Gasteiger partial charge >= 0.3 is 0 Å². The second-order valence-corrected chi connectivity index (χ2v) is 6.63. The number of rotatable bonds is 5. The van der Waals surface area contributed by atoms with Crippen LogP contribution in [0.15, 0.2) is 44.5 Å². The lowest BCUT2D eigenvalue weighted by Gasteiger charge is -2.25. The van der Waals surface area contributed by atoms with Gasteiger partial charge in [-0.25, -0.2) is 13.1 Å². The summed E-state index contributed by atoms with van der Waals surface area (Å²) in [4.78, 5) is 13.8. The van der Waals surface area contributed by atoms with Gasteiger partial charge in [-0.1, -0.05) is 0 Å². The van der Waals surface area contributed by atoms with Gasteiger partial charge in [0, 0.05) is 13.1 Å². The maximum Gasteiger partial charge on any atom is 0.289 e. The van der Waals surface area contributed by atoms with Gasteiger partial charge < -0.3 is 18.5 Å². The normalized spacial score (nSPS) is 15.7. The van der Waals surface area contributed by atoms with E-state index in [1.165, 1.54) is 18.4 Å². The molecule has 1 fully saturated rings. The van der Waals surface area contributed by atoms with Crippen molar-refractivity contribution in [2.24, 2.45) is 0 Å². The lowest BCUT2D eigenvalue weighted by Crippen LogP contribution is -2.40. The molecule has 0 atom stereocenters. The number of amides is 1. The Balaban J connectivity index is 1.68. The van der Waals surface area contributed by atoms with Crippen molar-refractivity contribution in [3.05, 3.63) is 42.0 Å². The summed E-state index contributed by atoms with van der Waals surface area (Å²) in [6.07, 6.45) is 1.45. The van der Waals surface area contributed by atoms with Crippen LogP contribution < -0.4 is 4.72 Å². The molecule has 0 radical (unpaired) electrons. The van der Waals surface area contributed by atoms with Crippen molar-refractivity contribution in [1.29, 1.82) is 0 Å². The molecule has 1 aliphatic heterocycles. The van der Waals surface area contributed by atoms with Crippen LogP contribution in [0.5, 0.6) is 0 Å². The maximum absolute atomic E-state index is 12.2. The molecule has 8 nitrogen and oxygen atoms in total. The molecular formula is C14H16N2O6S. The Kier molecular flexibility index (Phi) is 4.51. The summed E-state index contributed by atoms with van der Waals surface area (Å²) in [5.41, 5.74) is 0. The molecule has 2 aromatic heterocycles. The van der Waals surface area contributed by atoms with Crippen LogP contribution in [0, 0.1) is 0 Å². The molecule has 23 heavy (non-hydrogen) atoms. The molecule has 1 amide bonds. The molecular weight excluding hydrogens is 324 g/mol. The van der Waals surface area contributed by atoms with Crippen molar-refractivity contribution in [3.63, 3.8) is 0 Å². The maximum atomic E-state index is 12.2. The van der Waals surface area contributed by atoms with Crippen molar-refractivity contribution in [3.8, 4) is 0 Å². The van der Waals surface area contributed by atoms with Crippen molar-refractivity contribution in [2.75, 3.05) is 26.3 Å². The first-order valence-electron chi connectivity index (χ1n) is 7.05. The van der Waals surface area contributed by atoms with Gasteiger partial charge in [0.25, 0.3) is 15.9 Å². The minimum atomic E-state index is -3.85. The molecule has 124 valence electrons. The Morgan fingerprint density at radius 1 is 1.22 bits per heavy atom. The van der Waals surface area contributed by atoms with Gasteiger partial charge in [0.15, 0.2) is 5.76 Å². The Morgan fingerprint density at radius 2 is 2.00 bits per heavy atom. The summed E-state index contributed by atoms with van der Waals surface area (Å²) in [7, 11) is -3.85.